The second-order valence-electron chi connectivity index (χ2n) is 3.97. The van der Waals surface area contributed by atoms with Crippen molar-refractivity contribution in [3.63, 3.8) is 0 Å². The van der Waals surface area contributed by atoms with Gasteiger partial charge in [0.2, 0.25) is 0 Å². The van der Waals surface area contributed by atoms with Crippen LogP contribution in [0, 0.1) is 5.82 Å². The monoisotopic (exact) mass is 311 g/mol. The number of benzene rings is 2. The number of hydrogen-bond donors (Lipinski definition) is 2. The second kappa shape index (κ2) is 6.15. The van der Waals surface area contributed by atoms with Gasteiger partial charge in [-0.05, 0) is 36.4 Å². The molecule has 0 unspecified atom stereocenters. The average Bonchev–Trinajstić information content (AvgIpc) is 2.41. The molecule has 0 atom stereocenters. The highest BCUT2D eigenvalue weighted by atomic mass is 35.5. The van der Waals surface area contributed by atoms with Crippen molar-refractivity contribution in [3.05, 3.63) is 52.8 Å². The van der Waals surface area contributed by atoms with E-state index in [1.807, 2.05) is 0 Å². The van der Waals surface area contributed by atoms with E-state index >= 15 is 0 Å². The minimum absolute atomic E-state index is 0.0792. The molecule has 0 radical (unpaired) electrons. The number of thiol groups is 1. The molecule has 0 bridgehead atoms. The van der Waals surface area contributed by atoms with Crippen LogP contribution in [-0.4, -0.2) is 13.0 Å². The lowest BCUT2D eigenvalue weighted by Crippen LogP contribution is -2.13. The number of carbonyl (C=O) groups is 1. The Morgan fingerprint density at radius 1 is 1.30 bits per heavy atom. The summed E-state index contributed by atoms with van der Waals surface area (Å²) in [4.78, 5) is 12.5. The van der Waals surface area contributed by atoms with E-state index < -0.39 is 11.7 Å². The van der Waals surface area contributed by atoms with Gasteiger partial charge in [-0.2, -0.15) is 0 Å². The molecule has 0 aromatic heterocycles. The molecule has 0 aliphatic carbocycles. The number of nitrogens with one attached hydrogen (secondary N) is 1. The van der Waals surface area contributed by atoms with Gasteiger partial charge in [-0.3, -0.25) is 4.79 Å². The van der Waals surface area contributed by atoms with Crippen molar-refractivity contribution in [3.8, 4) is 5.75 Å². The van der Waals surface area contributed by atoms with Crippen molar-refractivity contribution >= 4 is 35.8 Å². The number of amides is 1. The molecule has 1 amide bonds. The van der Waals surface area contributed by atoms with Gasteiger partial charge in [0.1, 0.15) is 11.6 Å². The molecule has 0 saturated carbocycles. The van der Waals surface area contributed by atoms with Crippen LogP contribution in [0.2, 0.25) is 5.02 Å². The van der Waals surface area contributed by atoms with Gasteiger partial charge in [-0.25, -0.2) is 4.39 Å². The van der Waals surface area contributed by atoms with Crippen LogP contribution >= 0.6 is 24.2 Å². The summed E-state index contributed by atoms with van der Waals surface area (Å²) in [6, 6.07) is 8.78. The molecule has 0 spiro atoms. The summed E-state index contributed by atoms with van der Waals surface area (Å²) < 4.78 is 18.6. The Labute approximate surface area is 126 Å². The van der Waals surface area contributed by atoms with Crippen LogP contribution in [0.1, 0.15) is 10.4 Å². The predicted octanol–water partition coefficient (Wildman–Crippen LogP) is 4.03. The van der Waals surface area contributed by atoms with Gasteiger partial charge >= 0.3 is 0 Å². The van der Waals surface area contributed by atoms with Gasteiger partial charge in [0.05, 0.1) is 17.7 Å². The van der Waals surface area contributed by atoms with Crippen LogP contribution in [0.4, 0.5) is 10.1 Å². The Hall–Kier alpha value is -1.72. The highest BCUT2D eigenvalue weighted by Crippen LogP contribution is 2.27. The highest BCUT2D eigenvalue weighted by Gasteiger charge is 2.13. The van der Waals surface area contributed by atoms with E-state index in [4.69, 9.17) is 16.3 Å². The maximum atomic E-state index is 13.6. The Kier molecular flexibility index (Phi) is 4.52. The molecule has 2 aromatic rings. The molecule has 0 aliphatic heterocycles. The third kappa shape index (κ3) is 3.23. The lowest BCUT2D eigenvalue weighted by atomic mass is 10.2. The Balaban J connectivity index is 2.23. The standard InChI is InChI=1S/C14H11ClFNO2S/c1-19-13-5-2-8(6-11(13)15)17-14(18)10-7-9(20)3-4-12(10)16/h2-7,20H,1H3,(H,17,18). The number of carbonyl (C=O) groups excluding carboxylic acids is 1. The lowest BCUT2D eigenvalue weighted by molar-refractivity contribution is 0.102. The fraction of sp³-hybridized carbons (Fsp3) is 0.0714. The zero-order valence-electron chi connectivity index (χ0n) is 10.5. The molecule has 2 rings (SSSR count). The number of anilines is 1. The molecular formula is C14H11ClFNO2S. The van der Waals surface area contributed by atoms with E-state index in [-0.39, 0.29) is 5.56 Å². The van der Waals surface area contributed by atoms with Crippen LogP contribution in [0.15, 0.2) is 41.3 Å². The van der Waals surface area contributed by atoms with Crippen molar-refractivity contribution in [2.75, 3.05) is 12.4 Å². The molecule has 6 heteroatoms. The number of hydrogen-bond acceptors (Lipinski definition) is 3. The van der Waals surface area contributed by atoms with E-state index in [2.05, 4.69) is 17.9 Å². The molecule has 0 saturated heterocycles. The van der Waals surface area contributed by atoms with Gasteiger partial charge in [-0.15, -0.1) is 12.6 Å². The number of methoxy groups -OCH3 is 1. The number of ether oxygens (including phenoxy) is 1. The van der Waals surface area contributed by atoms with Crippen LogP contribution in [0.25, 0.3) is 0 Å². The minimum Gasteiger partial charge on any atom is -0.495 e. The molecule has 104 valence electrons. The fourth-order valence-electron chi connectivity index (χ4n) is 1.63. The van der Waals surface area contributed by atoms with Crippen molar-refractivity contribution in [1.82, 2.24) is 0 Å². The van der Waals surface area contributed by atoms with E-state index in [0.29, 0.717) is 21.4 Å². The zero-order valence-corrected chi connectivity index (χ0v) is 12.1. The van der Waals surface area contributed by atoms with E-state index in [9.17, 15) is 9.18 Å². The van der Waals surface area contributed by atoms with E-state index in [1.165, 1.54) is 31.4 Å². The molecular weight excluding hydrogens is 301 g/mol. The predicted molar refractivity (Wildman–Crippen MR) is 79.6 cm³/mol. The summed E-state index contributed by atoms with van der Waals surface area (Å²) in [7, 11) is 1.49. The van der Waals surface area contributed by atoms with Crippen LogP contribution in [-0.2, 0) is 0 Å². The summed E-state index contributed by atoms with van der Waals surface area (Å²) in [5.74, 6) is -0.687. The van der Waals surface area contributed by atoms with E-state index in [0.717, 1.165) is 0 Å². The van der Waals surface area contributed by atoms with Crippen LogP contribution < -0.4 is 10.1 Å². The van der Waals surface area contributed by atoms with Crippen molar-refractivity contribution < 1.29 is 13.9 Å². The van der Waals surface area contributed by atoms with Crippen LogP contribution in [0.3, 0.4) is 0 Å². The summed E-state index contributed by atoms with van der Waals surface area (Å²) in [6.07, 6.45) is 0. The molecule has 2 aromatic carbocycles. The second-order valence-corrected chi connectivity index (χ2v) is 4.89. The minimum atomic E-state index is -0.611. The number of halogens is 2. The van der Waals surface area contributed by atoms with E-state index in [1.54, 1.807) is 12.1 Å². The summed E-state index contributed by atoms with van der Waals surface area (Å²) >= 11 is 10.0. The first-order valence-electron chi connectivity index (χ1n) is 5.64. The van der Waals surface area contributed by atoms with Gasteiger partial charge < -0.3 is 10.1 Å². The van der Waals surface area contributed by atoms with Gasteiger partial charge in [0, 0.05) is 10.6 Å². The zero-order chi connectivity index (χ0) is 14.7. The third-order valence-electron chi connectivity index (χ3n) is 2.60. The maximum absolute atomic E-state index is 13.6. The lowest BCUT2D eigenvalue weighted by Gasteiger charge is -2.09. The molecule has 3 nitrogen and oxygen atoms in total. The average molecular weight is 312 g/mol. The van der Waals surface area contributed by atoms with Crippen LogP contribution in [0.5, 0.6) is 5.75 Å². The fourth-order valence-corrected chi connectivity index (χ4v) is 2.09. The van der Waals surface area contributed by atoms with Gasteiger partial charge in [-0.1, -0.05) is 11.6 Å². The van der Waals surface area contributed by atoms with Crippen molar-refractivity contribution in [2.24, 2.45) is 0 Å². The Bertz CT molecular complexity index is 664. The van der Waals surface area contributed by atoms with Gasteiger partial charge in [0.25, 0.3) is 5.91 Å². The molecule has 0 aliphatic rings. The third-order valence-corrected chi connectivity index (χ3v) is 3.18. The molecule has 1 N–H and O–H groups in total. The van der Waals surface area contributed by atoms with Gasteiger partial charge in [0.15, 0.2) is 0 Å². The first kappa shape index (κ1) is 14.7. The quantitative estimate of drug-likeness (QED) is 0.840. The van der Waals surface area contributed by atoms with Crippen molar-refractivity contribution in [1.29, 1.82) is 0 Å². The smallest absolute Gasteiger partial charge is 0.258 e. The molecule has 0 fully saturated rings. The molecule has 0 heterocycles. The first-order chi connectivity index (χ1) is 9.51. The highest BCUT2D eigenvalue weighted by molar-refractivity contribution is 7.80. The maximum Gasteiger partial charge on any atom is 0.258 e. The Morgan fingerprint density at radius 3 is 2.70 bits per heavy atom. The normalized spacial score (nSPS) is 10.2. The summed E-state index contributed by atoms with van der Waals surface area (Å²) in [5, 5.41) is 2.92. The Morgan fingerprint density at radius 2 is 2.05 bits per heavy atom. The first-order valence-corrected chi connectivity index (χ1v) is 6.47. The largest absolute Gasteiger partial charge is 0.495 e. The topological polar surface area (TPSA) is 38.3 Å². The summed E-state index contributed by atoms with van der Waals surface area (Å²) in [6.45, 7) is 0. The molecule has 20 heavy (non-hydrogen) atoms. The SMILES string of the molecule is COc1ccc(NC(=O)c2cc(S)ccc2F)cc1Cl. The summed E-state index contributed by atoms with van der Waals surface area (Å²) in [5.41, 5.74) is 0.370. The number of rotatable bonds is 3. The van der Waals surface area contributed by atoms with Crippen molar-refractivity contribution in [2.45, 2.75) is 4.90 Å².